The summed E-state index contributed by atoms with van der Waals surface area (Å²) in [7, 11) is 0. The number of benzene rings is 3. The molecule has 6 rings (SSSR count). The van der Waals surface area contributed by atoms with Crippen LogP contribution in [0.4, 0.5) is 0 Å². The van der Waals surface area contributed by atoms with Crippen molar-refractivity contribution in [2.24, 2.45) is 0 Å². The van der Waals surface area contributed by atoms with E-state index in [1.54, 1.807) is 61.5 Å². The molecule has 0 aliphatic carbocycles. The molecule has 0 unspecified atom stereocenters. The van der Waals surface area contributed by atoms with Crippen LogP contribution < -0.4 is 31.1 Å². The molecule has 0 bridgehead atoms. The van der Waals surface area contributed by atoms with Crippen molar-refractivity contribution in [3.63, 3.8) is 0 Å². The molecule has 56 heavy (non-hydrogen) atoms. The average Bonchev–Trinajstić information content (AvgIpc) is 3.13. The van der Waals surface area contributed by atoms with Crippen molar-refractivity contribution in [2.45, 2.75) is 92.9 Å². The van der Waals surface area contributed by atoms with Gasteiger partial charge in [-0.25, -0.2) is 14.4 Å². The van der Waals surface area contributed by atoms with Gasteiger partial charge in [0.2, 0.25) is 0 Å². The van der Waals surface area contributed by atoms with Gasteiger partial charge in [0.1, 0.15) is 34.0 Å². The molecule has 0 radical (unpaired) electrons. The fourth-order valence-electron chi connectivity index (χ4n) is 5.58. The molecule has 3 aromatic heterocycles. The Labute approximate surface area is 323 Å². The van der Waals surface area contributed by atoms with Crippen molar-refractivity contribution in [3.8, 4) is 17.2 Å². The lowest BCUT2D eigenvalue weighted by Gasteiger charge is -2.06. The second kappa shape index (κ2) is 20.4. The van der Waals surface area contributed by atoms with E-state index in [9.17, 15) is 28.8 Å². The van der Waals surface area contributed by atoms with E-state index in [-0.39, 0.29) is 17.9 Å². The van der Waals surface area contributed by atoms with E-state index >= 15 is 0 Å². The number of aryl methyl sites for hydroxylation is 3. The summed E-state index contributed by atoms with van der Waals surface area (Å²) >= 11 is 0. The van der Waals surface area contributed by atoms with E-state index in [4.69, 9.17) is 27.5 Å². The average molecular weight is 767 g/mol. The lowest BCUT2D eigenvalue weighted by molar-refractivity contribution is -0.135. The number of rotatable bonds is 11. The molecule has 0 spiro atoms. The Morgan fingerprint density at radius 1 is 0.464 bits per heavy atom. The molecule has 0 aliphatic rings. The van der Waals surface area contributed by atoms with Crippen LogP contribution in [0.1, 0.15) is 88.8 Å². The van der Waals surface area contributed by atoms with Crippen molar-refractivity contribution in [3.05, 3.63) is 121 Å². The highest BCUT2D eigenvalue weighted by Crippen LogP contribution is 2.25. The molecular weight excluding hydrogens is 720 g/mol. The zero-order valence-electron chi connectivity index (χ0n) is 32.5. The van der Waals surface area contributed by atoms with Gasteiger partial charge in [0.25, 0.3) is 0 Å². The predicted octanol–water partition coefficient (Wildman–Crippen LogP) is 9.20. The first-order valence-electron chi connectivity index (χ1n) is 18.6. The van der Waals surface area contributed by atoms with E-state index in [0.29, 0.717) is 53.3 Å². The summed E-state index contributed by atoms with van der Waals surface area (Å²) in [6.07, 6.45) is 5.97. The number of carbonyl (C=O) groups is 3. The highest BCUT2D eigenvalue weighted by atomic mass is 16.5. The van der Waals surface area contributed by atoms with Gasteiger partial charge in [-0.1, -0.05) is 40.0 Å². The molecule has 0 saturated heterocycles. The number of ether oxygens (including phenoxy) is 3. The van der Waals surface area contributed by atoms with Crippen LogP contribution in [0.25, 0.3) is 32.9 Å². The standard InChI is InChI=1S/C17H20O4.C14H14O4.C13H12O4/c1-3-4-5-6-7-16(18)20-13-8-9-14-12(2)10-17(19)21-15(14)11-13;1-3-4-13(15)17-10-5-6-11-9(2)7-14(16)18-12(11)8-10;1-3-12(14)16-9-4-5-10-8(2)6-13(15)17-11(10)7-9/h8-11H,3-7H2,1-2H3;5-8H,3-4H2,1-2H3;4-7H,3H2,1-2H3. The maximum atomic E-state index is 11.7. The summed E-state index contributed by atoms with van der Waals surface area (Å²) in [5.74, 6) is 0.344. The Bertz CT molecular complexity index is 2500. The SMILES string of the molecule is CCC(=O)Oc1ccc2c(C)cc(=O)oc2c1.CCCC(=O)Oc1ccc2c(C)cc(=O)oc2c1.CCCCCCC(=O)Oc1ccc2c(C)cc(=O)oc2c1. The van der Waals surface area contributed by atoms with Crippen LogP contribution in [0, 0.1) is 20.8 Å². The monoisotopic (exact) mass is 766 g/mol. The van der Waals surface area contributed by atoms with E-state index in [1.165, 1.54) is 18.2 Å². The minimum absolute atomic E-state index is 0.250. The van der Waals surface area contributed by atoms with Gasteiger partial charge in [0.05, 0.1) is 0 Å². The Morgan fingerprint density at radius 3 is 1.20 bits per heavy atom. The number of fused-ring (bicyclic) bond motifs is 3. The van der Waals surface area contributed by atoms with Crippen LogP contribution in [0.2, 0.25) is 0 Å². The van der Waals surface area contributed by atoms with Crippen molar-refractivity contribution < 1.29 is 41.8 Å². The van der Waals surface area contributed by atoms with E-state index in [1.807, 2.05) is 27.7 Å². The van der Waals surface area contributed by atoms with Crippen LogP contribution in [-0.2, 0) is 14.4 Å². The highest BCUT2D eigenvalue weighted by molar-refractivity contribution is 5.84. The van der Waals surface area contributed by atoms with Crippen LogP contribution in [0.3, 0.4) is 0 Å². The summed E-state index contributed by atoms with van der Waals surface area (Å²) in [4.78, 5) is 68.1. The molecular formula is C44H46O12. The lowest BCUT2D eigenvalue weighted by atomic mass is 10.1. The van der Waals surface area contributed by atoms with Crippen LogP contribution in [0.5, 0.6) is 17.2 Å². The minimum Gasteiger partial charge on any atom is -0.426 e. The summed E-state index contributed by atoms with van der Waals surface area (Å²) in [5, 5.41) is 2.52. The van der Waals surface area contributed by atoms with Crippen LogP contribution >= 0.6 is 0 Å². The minimum atomic E-state index is -0.408. The molecule has 0 saturated carbocycles. The van der Waals surface area contributed by atoms with Crippen molar-refractivity contribution >= 4 is 50.8 Å². The number of esters is 3. The number of unbranched alkanes of at least 4 members (excludes halogenated alkanes) is 3. The molecule has 294 valence electrons. The van der Waals surface area contributed by atoms with E-state index < -0.39 is 16.9 Å². The fourth-order valence-corrected chi connectivity index (χ4v) is 5.58. The van der Waals surface area contributed by atoms with Gasteiger partial charge in [0, 0.05) is 71.8 Å². The quantitative estimate of drug-likeness (QED) is 0.0531. The third-order valence-corrected chi connectivity index (χ3v) is 8.44. The predicted molar refractivity (Wildman–Crippen MR) is 213 cm³/mol. The third-order valence-electron chi connectivity index (χ3n) is 8.44. The van der Waals surface area contributed by atoms with Gasteiger partial charge in [-0.3, -0.25) is 14.4 Å². The Kier molecular flexibility index (Phi) is 15.5. The number of hydrogen-bond donors (Lipinski definition) is 0. The zero-order valence-corrected chi connectivity index (χ0v) is 32.5. The molecule has 6 aromatic rings. The molecule has 0 N–H and O–H groups in total. The Morgan fingerprint density at radius 2 is 0.839 bits per heavy atom. The summed E-state index contributed by atoms with van der Waals surface area (Å²) in [6, 6.07) is 19.5. The maximum absolute atomic E-state index is 11.7. The molecule has 0 amide bonds. The molecule has 12 nitrogen and oxygen atoms in total. The Hall–Kier alpha value is -6.30. The number of hydrogen-bond acceptors (Lipinski definition) is 12. The fraction of sp³-hybridized carbons (Fsp3) is 0.318. The van der Waals surface area contributed by atoms with Crippen molar-refractivity contribution in [1.82, 2.24) is 0 Å². The largest absolute Gasteiger partial charge is 0.426 e. The van der Waals surface area contributed by atoms with Gasteiger partial charge >= 0.3 is 34.8 Å². The first-order valence-corrected chi connectivity index (χ1v) is 18.6. The van der Waals surface area contributed by atoms with Gasteiger partial charge in [-0.15, -0.1) is 0 Å². The first kappa shape index (κ1) is 42.4. The lowest BCUT2D eigenvalue weighted by Crippen LogP contribution is -2.07. The molecule has 0 atom stereocenters. The molecule has 3 heterocycles. The van der Waals surface area contributed by atoms with Crippen LogP contribution in [0.15, 0.2) is 100 Å². The van der Waals surface area contributed by atoms with Gasteiger partial charge in [-0.2, -0.15) is 0 Å². The smallest absolute Gasteiger partial charge is 0.336 e. The second-order valence-corrected chi connectivity index (χ2v) is 13.1. The van der Waals surface area contributed by atoms with Gasteiger partial charge in [0.15, 0.2) is 0 Å². The first-order chi connectivity index (χ1) is 26.8. The zero-order chi connectivity index (χ0) is 40.8. The number of carbonyl (C=O) groups excluding carboxylic acids is 3. The second-order valence-electron chi connectivity index (χ2n) is 13.1. The Balaban J connectivity index is 0.000000188. The van der Waals surface area contributed by atoms with Gasteiger partial charge in [-0.05, 0) is 86.7 Å². The highest BCUT2D eigenvalue weighted by Gasteiger charge is 2.10. The van der Waals surface area contributed by atoms with E-state index in [0.717, 1.165) is 65.0 Å². The van der Waals surface area contributed by atoms with Crippen molar-refractivity contribution in [2.75, 3.05) is 0 Å². The van der Waals surface area contributed by atoms with Crippen molar-refractivity contribution in [1.29, 1.82) is 0 Å². The van der Waals surface area contributed by atoms with Gasteiger partial charge < -0.3 is 27.5 Å². The maximum Gasteiger partial charge on any atom is 0.336 e. The summed E-state index contributed by atoms with van der Waals surface area (Å²) in [5.41, 5.74) is 2.61. The topological polar surface area (TPSA) is 170 Å². The summed E-state index contributed by atoms with van der Waals surface area (Å²) in [6.45, 7) is 11.3. The third kappa shape index (κ3) is 12.4. The molecule has 12 heteroatoms. The summed E-state index contributed by atoms with van der Waals surface area (Å²) < 4.78 is 30.7. The molecule has 0 aliphatic heterocycles. The molecule has 3 aromatic carbocycles. The van der Waals surface area contributed by atoms with Crippen LogP contribution in [-0.4, -0.2) is 17.9 Å². The molecule has 0 fully saturated rings. The van der Waals surface area contributed by atoms with E-state index in [2.05, 4.69) is 6.92 Å². The normalized spacial score (nSPS) is 10.6.